The number of nitrogens with zero attached hydrogens (tertiary/aromatic N) is 2. The fourth-order valence-electron chi connectivity index (χ4n) is 3.79. The van der Waals surface area contributed by atoms with E-state index in [9.17, 15) is 14.4 Å². The summed E-state index contributed by atoms with van der Waals surface area (Å²) in [5.74, 6) is -1.32. The molecule has 1 saturated heterocycles. The lowest BCUT2D eigenvalue weighted by molar-refractivity contribution is -0.146. The molecule has 1 unspecified atom stereocenters. The van der Waals surface area contributed by atoms with Crippen molar-refractivity contribution in [3.05, 3.63) is 64.7 Å². The third kappa shape index (κ3) is 6.31. The molecule has 1 fully saturated rings. The van der Waals surface area contributed by atoms with Crippen LogP contribution in [-0.4, -0.2) is 72.2 Å². The second-order valence-electron chi connectivity index (χ2n) is 8.25. The molecule has 1 aliphatic rings. The molecular formula is C25H30ClN3O4S. The van der Waals surface area contributed by atoms with Crippen molar-refractivity contribution in [1.29, 1.82) is 0 Å². The minimum Gasteiger partial charge on any atom is -0.468 e. The molecule has 0 spiro atoms. The Hall–Kier alpha value is -2.55. The van der Waals surface area contributed by atoms with Crippen LogP contribution in [0.2, 0.25) is 5.02 Å². The predicted octanol–water partition coefficient (Wildman–Crippen LogP) is 3.53. The molecule has 1 aliphatic heterocycles. The number of methoxy groups -OCH3 is 1. The smallest absolute Gasteiger partial charge is 0.331 e. The molecule has 2 aromatic rings. The molecule has 0 aliphatic carbocycles. The number of nitrogens with one attached hydrogen (secondary N) is 1. The van der Waals surface area contributed by atoms with Crippen LogP contribution in [0.1, 0.15) is 29.3 Å². The van der Waals surface area contributed by atoms with Crippen LogP contribution in [0.15, 0.2) is 48.5 Å². The summed E-state index contributed by atoms with van der Waals surface area (Å²) in [6.45, 7) is 5.59. The molecule has 0 bridgehead atoms. The van der Waals surface area contributed by atoms with Gasteiger partial charge in [0.1, 0.15) is 0 Å². The van der Waals surface area contributed by atoms with Crippen molar-refractivity contribution in [2.45, 2.75) is 24.5 Å². The first-order chi connectivity index (χ1) is 16.3. The van der Waals surface area contributed by atoms with E-state index < -0.39 is 16.6 Å². The number of amides is 2. The number of esters is 1. The second-order valence-corrected chi connectivity index (χ2v) is 9.45. The Morgan fingerprint density at radius 1 is 1.03 bits per heavy atom. The molecule has 182 valence electrons. The van der Waals surface area contributed by atoms with Crippen molar-refractivity contribution < 1.29 is 19.1 Å². The zero-order valence-electron chi connectivity index (χ0n) is 19.4. The molecule has 0 saturated carbocycles. The molecule has 2 aromatic carbocycles. The quantitative estimate of drug-likeness (QED) is 0.327. The molecule has 3 rings (SSSR count). The van der Waals surface area contributed by atoms with Crippen molar-refractivity contribution in [2.24, 2.45) is 0 Å². The molecule has 9 heteroatoms. The molecule has 34 heavy (non-hydrogen) atoms. The maximum atomic E-state index is 12.9. The van der Waals surface area contributed by atoms with Gasteiger partial charge in [0.15, 0.2) is 4.75 Å². The van der Waals surface area contributed by atoms with Gasteiger partial charge in [0.2, 0.25) is 0 Å². The van der Waals surface area contributed by atoms with Gasteiger partial charge >= 0.3 is 5.97 Å². The summed E-state index contributed by atoms with van der Waals surface area (Å²) in [7, 11) is 1.22. The summed E-state index contributed by atoms with van der Waals surface area (Å²) in [5, 5.41) is 3.41. The standard InChI is InChI=1S/C25H30ClN3O4S/c1-3-25(34,24(32)33-2)23(31)27-21-10-6-19(7-11-21)22(30)29-16-14-28(15-17-29)13-12-18-4-8-20(26)9-5-18/h4-11,34H,3,12-17H2,1-2H3,(H,27,31). The molecule has 1 heterocycles. The zero-order chi connectivity index (χ0) is 24.7. The summed E-state index contributed by atoms with van der Waals surface area (Å²) < 4.78 is 3.12. The fourth-order valence-corrected chi connectivity index (χ4v) is 4.07. The summed E-state index contributed by atoms with van der Waals surface area (Å²) >= 11 is 10.2. The number of hydrogen-bond acceptors (Lipinski definition) is 6. The number of carbonyl (C=O) groups excluding carboxylic acids is 3. The zero-order valence-corrected chi connectivity index (χ0v) is 21.1. The van der Waals surface area contributed by atoms with E-state index in [1.54, 1.807) is 31.2 Å². The van der Waals surface area contributed by atoms with Crippen LogP contribution in [0.25, 0.3) is 0 Å². The van der Waals surface area contributed by atoms with Gasteiger partial charge in [-0.2, -0.15) is 12.6 Å². The van der Waals surface area contributed by atoms with Gasteiger partial charge in [0.05, 0.1) is 7.11 Å². The first-order valence-corrected chi connectivity index (χ1v) is 12.1. The first kappa shape index (κ1) is 26.1. The van der Waals surface area contributed by atoms with Crippen LogP contribution in [0.3, 0.4) is 0 Å². The monoisotopic (exact) mass is 503 g/mol. The predicted molar refractivity (Wildman–Crippen MR) is 137 cm³/mol. The summed E-state index contributed by atoms with van der Waals surface area (Å²) in [4.78, 5) is 41.6. The molecule has 0 radical (unpaired) electrons. The second kappa shape index (κ2) is 11.7. The lowest BCUT2D eigenvalue weighted by Gasteiger charge is -2.34. The molecule has 1 atom stereocenters. The largest absolute Gasteiger partial charge is 0.468 e. The molecule has 2 amide bonds. The van der Waals surface area contributed by atoms with E-state index in [4.69, 9.17) is 16.3 Å². The van der Waals surface area contributed by atoms with E-state index in [-0.39, 0.29) is 12.3 Å². The lowest BCUT2D eigenvalue weighted by atomic mass is 10.0. The van der Waals surface area contributed by atoms with Crippen molar-refractivity contribution in [2.75, 3.05) is 45.2 Å². The number of carbonyl (C=O) groups is 3. The average Bonchev–Trinajstić information content (AvgIpc) is 2.87. The Labute approximate surface area is 210 Å². The highest BCUT2D eigenvalue weighted by Crippen LogP contribution is 2.24. The average molecular weight is 504 g/mol. The number of rotatable bonds is 8. The van der Waals surface area contributed by atoms with Gasteiger partial charge < -0.3 is 15.0 Å². The first-order valence-electron chi connectivity index (χ1n) is 11.2. The van der Waals surface area contributed by atoms with Gasteiger partial charge in [0.25, 0.3) is 11.8 Å². The van der Waals surface area contributed by atoms with E-state index in [0.29, 0.717) is 24.3 Å². The normalized spacial score (nSPS) is 15.9. The van der Waals surface area contributed by atoms with Gasteiger partial charge in [-0.3, -0.25) is 19.3 Å². The van der Waals surface area contributed by atoms with Crippen LogP contribution in [0, 0.1) is 0 Å². The maximum Gasteiger partial charge on any atom is 0.331 e. The van der Waals surface area contributed by atoms with Crippen molar-refractivity contribution in [3.8, 4) is 0 Å². The number of halogens is 1. The Kier molecular flexibility index (Phi) is 8.99. The lowest BCUT2D eigenvalue weighted by Crippen LogP contribution is -2.49. The van der Waals surface area contributed by atoms with E-state index in [0.717, 1.165) is 31.1 Å². The summed E-state index contributed by atoms with van der Waals surface area (Å²) in [5.41, 5.74) is 2.27. The summed E-state index contributed by atoms with van der Waals surface area (Å²) in [6.07, 6.45) is 1.12. The number of thiol groups is 1. The van der Waals surface area contributed by atoms with Gasteiger partial charge in [-0.1, -0.05) is 30.7 Å². The van der Waals surface area contributed by atoms with Crippen LogP contribution >= 0.6 is 24.2 Å². The number of anilines is 1. The molecular weight excluding hydrogens is 474 g/mol. The van der Waals surface area contributed by atoms with Crippen LogP contribution in [0.4, 0.5) is 5.69 Å². The molecule has 0 aromatic heterocycles. The maximum absolute atomic E-state index is 12.9. The Morgan fingerprint density at radius 3 is 2.21 bits per heavy atom. The third-order valence-electron chi connectivity index (χ3n) is 6.09. The fraction of sp³-hybridized carbons (Fsp3) is 0.400. The van der Waals surface area contributed by atoms with Gasteiger partial charge in [-0.25, -0.2) is 0 Å². The van der Waals surface area contributed by atoms with Crippen molar-refractivity contribution in [3.63, 3.8) is 0 Å². The number of ether oxygens (including phenoxy) is 1. The van der Waals surface area contributed by atoms with Gasteiger partial charge in [-0.05, 0) is 54.8 Å². The van der Waals surface area contributed by atoms with Crippen LogP contribution in [-0.2, 0) is 20.7 Å². The molecule has 1 N–H and O–H groups in total. The highest BCUT2D eigenvalue weighted by atomic mass is 35.5. The van der Waals surface area contributed by atoms with Crippen molar-refractivity contribution in [1.82, 2.24) is 9.80 Å². The van der Waals surface area contributed by atoms with Gasteiger partial charge in [-0.15, -0.1) is 0 Å². The summed E-state index contributed by atoms with van der Waals surface area (Å²) in [6, 6.07) is 14.5. The topological polar surface area (TPSA) is 79.0 Å². The van der Waals surface area contributed by atoms with Crippen LogP contribution in [0.5, 0.6) is 0 Å². The number of hydrogen-bond donors (Lipinski definition) is 2. The minimum absolute atomic E-state index is 0.0399. The van der Waals surface area contributed by atoms with Gasteiger partial charge in [0, 0.05) is 49.0 Å². The Morgan fingerprint density at radius 2 is 1.65 bits per heavy atom. The number of piperazine rings is 1. The Balaban J connectivity index is 1.50. The van der Waals surface area contributed by atoms with E-state index in [2.05, 4.69) is 22.8 Å². The van der Waals surface area contributed by atoms with E-state index >= 15 is 0 Å². The third-order valence-corrected chi connectivity index (χ3v) is 7.04. The van der Waals surface area contributed by atoms with E-state index in [1.165, 1.54) is 12.7 Å². The number of benzene rings is 2. The van der Waals surface area contributed by atoms with Crippen LogP contribution < -0.4 is 5.32 Å². The highest BCUT2D eigenvalue weighted by molar-refractivity contribution is 7.83. The highest BCUT2D eigenvalue weighted by Gasteiger charge is 2.42. The molecule has 7 nitrogen and oxygen atoms in total. The van der Waals surface area contributed by atoms with Crippen molar-refractivity contribution >= 4 is 47.7 Å². The SMILES string of the molecule is CCC(S)(C(=O)Nc1ccc(C(=O)N2CCN(CCc3ccc(Cl)cc3)CC2)cc1)C(=O)OC. The minimum atomic E-state index is -1.57. The van der Waals surface area contributed by atoms with E-state index in [1.807, 2.05) is 29.2 Å². The Bertz CT molecular complexity index is 1010.